The van der Waals surface area contributed by atoms with E-state index in [2.05, 4.69) is 0 Å². The highest BCUT2D eigenvalue weighted by molar-refractivity contribution is 5.90. The van der Waals surface area contributed by atoms with Gasteiger partial charge < -0.3 is 29.0 Å². The lowest BCUT2D eigenvalue weighted by molar-refractivity contribution is -0.132. The molecular weight excluding hydrogens is 406 g/mol. The summed E-state index contributed by atoms with van der Waals surface area (Å²) in [5.41, 5.74) is -0.160. The molecule has 1 saturated heterocycles. The van der Waals surface area contributed by atoms with Gasteiger partial charge in [0.15, 0.2) is 16.9 Å². The number of fused-ring (bicyclic) bond motifs is 1. The number of rotatable bonds is 3. The molecule has 0 spiro atoms. The van der Waals surface area contributed by atoms with Crippen molar-refractivity contribution in [2.75, 3.05) is 13.1 Å². The number of ether oxygens (including phenoxy) is 2. The Morgan fingerprint density at radius 1 is 1.03 bits per heavy atom. The number of likely N-dealkylation sites (tertiary alicyclic amines) is 1. The Balaban J connectivity index is 1.64. The number of amides is 1. The van der Waals surface area contributed by atoms with Crippen LogP contribution in [0, 0.1) is 0 Å². The largest absolute Gasteiger partial charge is 0.504 e. The van der Waals surface area contributed by atoms with Gasteiger partial charge in [-0.1, -0.05) is 0 Å². The number of aromatic hydroxyl groups is 2. The van der Waals surface area contributed by atoms with E-state index >= 15 is 0 Å². The summed E-state index contributed by atoms with van der Waals surface area (Å²) in [5, 5.41) is 20.1. The standard InChI is InChI=1S/C22H19NO8/c1-12(24)29-21-16(26)11-18-19(20(21)27)15(25)10-17(31-18)13-4-6-14(7-5-13)30-22(28)23-8-2-3-9-23/h4-7,10-11,26-27H,2-3,8-9H2,1H3. The van der Waals surface area contributed by atoms with Gasteiger partial charge in [0, 0.05) is 37.7 Å². The number of nitrogens with zero attached hydrogens (tertiary/aromatic N) is 1. The van der Waals surface area contributed by atoms with E-state index in [4.69, 9.17) is 13.9 Å². The highest BCUT2D eigenvalue weighted by Gasteiger charge is 2.21. The first-order chi connectivity index (χ1) is 14.8. The lowest BCUT2D eigenvalue weighted by Crippen LogP contribution is -2.30. The van der Waals surface area contributed by atoms with Crippen molar-refractivity contribution in [2.45, 2.75) is 19.8 Å². The number of carbonyl (C=O) groups is 2. The zero-order valence-corrected chi connectivity index (χ0v) is 16.6. The first kappa shape index (κ1) is 20.3. The summed E-state index contributed by atoms with van der Waals surface area (Å²) in [6, 6.07) is 8.64. The van der Waals surface area contributed by atoms with Crippen molar-refractivity contribution in [1.29, 1.82) is 0 Å². The molecule has 0 radical (unpaired) electrons. The van der Waals surface area contributed by atoms with E-state index in [9.17, 15) is 24.6 Å². The van der Waals surface area contributed by atoms with Crippen molar-refractivity contribution >= 4 is 23.0 Å². The summed E-state index contributed by atoms with van der Waals surface area (Å²) in [7, 11) is 0. The Kier molecular flexibility index (Phi) is 5.24. The van der Waals surface area contributed by atoms with E-state index in [0.717, 1.165) is 25.8 Å². The third-order valence-electron chi connectivity index (χ3n) is 4.88. The van der Waals surface area contributed by atoms with Gasteiger partial charge >= 0.3 is 12.1 Å². The molecule has 2 aromatic carbocycles. The van der Waals surface area contributed by atoms with Crippen LogP contribution in [0.3, 0.4) is 0 Å². The number of benzene rings is 2. The summed E-state index contributed by atoms with van der Waals surface area (Å²) in [6.07, 6.45) is 1.52. The fourth-order valence-corrected chi connectivity index (χ4v) is 3.41. The van der Waals surface area contributed by atoms with Gasteiger partial charge in [-0.2, -0.15) is 0 Å². The normalized spacial score (nSPS) is 13.4. The maximum absolute atomic E-state index is 12.6. The number of hydrogen-bond acceptors (Lipinski definition) is 8. The monoisotopic (exact) mass is 425 g/mol. The molecule has 0 bridgehead atoms. The SMILES string of the molecule is CC(=O)Oc1c(O)cc2oc(-c3ccc(OC(=O)N4CCCC4)cc3)cc(=O)c2c1O. The van der Waals surface area contributed by atoms with Gasteiger partial charge in [0.2, 0.25) is 5.75 Å². The molecule has 31 heavy (non-hydrogen) atoms. The molecule has 160 valence electrons. The second-order valence-corrected chi connectivity index (χ2v) is 7.10. The van der Waals surface area contributed by atoms with Crippen LogP contribution in [0.5, 0.6) is 23.0 Å². The molecule has 4 rings (SSSR count). The highest BCUT2D eigenvalue weighted by atomic mass is 16.6. The molecule has 3 aromatic rings. The molecule has 9 nitrogen and oxygen atoms in total. The van der Waals surface area contributed by atoms with Gasteiger partial charge in [-0.15, -0.1) is 0 Å². The average molecular weight is 425 g/mol. The molecule has 1 fully saturated rings. The molecular formula is C22H19NO8. The number of phenols is 2. The number of esters is 1. The fourth-order valence-electron chi connectivity index (χ4n) is 3.41. The third kappa shape index (κ3) is 4.02. The quantitative estimate of drug-likeness (QED) is 0.483. The van der Waals surface area contributed by atoms with E-state index in [1.165, 1.54) is 6.07 Å². The fraction of sp³-hybridized carbons (Fsp3) is 0.227. The van der Waals surface area contributed by atoms with Crippen LogP contribution in [-0.2, 0) is 4.79 Å². The average Bonchev–Trinajstić information content (AvgIpc) is 3.26. The zero-order valence-electron chi connectivity index (χ0n) is 16.6. The second-order valence-electron chi connectivity index (χ2n) is 7.10. The van der Waals surface area contributed by atoms with Crippen LogP contribution in [0.25, 0.3) is 22.3 Å². The Bertz CT molecular complexity index is 1220. The van der Waals surface area contributed by atoms with Gasteiger partial charge in [0.25, 0.3) is 0 Å². The first-order valence-electron chi connectivity index (χ1n) is 9.62. The Morgan fingerprint density at radius 2 is 1.71 bits per heavy atom. The molecule has 0 aliphatic carbocycles. The van der Waals surface area contributed by atoms with Crippen molar-refractivity contribution in [3.63, 3.8) is 0 Å². The lowest BCUT2D eigenvalue weighted by atomic mass is 10.1. The topological polar surface area (TPSA) is 127 Å². The summed E-state index contributed by atoms with van der Waals surface area (Å²) >= 11 is 0. The minimum atomic E-state index is -0.767. The van der Waals surface area contributed by atoms with Gasteiger partial charge in [-0.05, 0) is 37.1 Å². The second kappa shape index (κ2) is 8.02. The summed E-state index contributed by atoms with van der Waals surface area (Å²) in [4.78, 5) is 37.5. The van der Waals surface area contributed by atoms with Crippen LogP contribution in [0.15, 0.2) is 45.6 Å². The van der Waals surface area contributed by atoms with E-state index in [1.54, 1.807) is 29.2 Å². The van der Waals surface area contributed by atoms with Crippen LogP contribution in [0.1, 0.15) is 19.8 Å². The zero-order chi connectivity index (χ0) is 22.1. The molecule has 2 N–H and O–H groups in total. The molecule has 1 amide bonds. The van der Waals surface area contributed by atoms with Crippen LogP contribution >= 0.6 is 0 Å². The molecule has 0 atom stereocenters. The van der Waals surface area contributed by atoms with Crippen molar-refractivity contribution in [2.24, 2.45) is 0 Å². The number of hydrogen-bond donors (Lipinski definition) is 2. The Labute approximate surface area is 176 Å². The Morgan fingerprint density at radius 3 is 2.35 bits per heavy atom. The van der Waals surface area contributed by atoms with E-state index < -0.39 is 34.7 Å². The van der Waals surface area contributed by atoms with Crippen LogP contribution in [0.4, 0.5) is 4.79 Å². The maximum atomic E-state index is 12.6. The summed E-state index contributed by atoms with van der Waals surface area (Å²) in [5.74, 6) is -1.99. The highest BCUT2D eigenvalue weighted by Crippen LogP contribution is 2.41. The van der Waals surface area contributed by atoms with Crippen LogP contribution in [-0.4, -0.2) is 40.3 Å². The van der Waals surface area contributed by atoms with E-state index in [-0.39, 0.29) is 16.7 Å². The first-order valence-corrected chi connectivity index (χ1v) is 9.62. The van der Waals surface area contributed by atoms with E-state index in [1.807, 2.05) is 0 Å². The van der Waals surface area contributed by atoms with Gasteiger partial charge in [0.05, 0.1) is 0 Å². The van der Waals surface area contributed by atoms with Gasteiger partial charge in [-0.25, -0.2) is 4.79 Å². The van der Waals surface area contributed by atoms with Crippen molar-refractivity contribution in [3.05, 3.63) is 46.6 Å². The summed E-state index contributed by atoms with van der Waals surface area (Å²) in [6.45, 7) is 2.46. The van der Waals surface area contributed by atoms with Gasteiger partial charge in [-0.3, -0.25) is 9.59 Å². The predicted octanol–water partition coefficient (Wildman–Crippen LogP) is 3.39. The smallest absolute Gasteiger partial charge is 0.415 e. The molecule has 0 unspecified atom stereocenters. The summed E-state index contributed by atoms with van der Waals surface area (Å²) < 4.78 is 15.8. The molecule has 2 heterocycles. The van der Waals surface area contributed by atoms with Crippen LogP contribution < -0.4 is 14.9 Å². The van der Waals surface area contributed by atoms with Crippen molar-refractivity contribution in [3.8, 4) is 34.3 Å². The molecule has 9 heteroatoms. The molecule has 0 saturated carbocycles. The number of phenolic OH excluding ortho intramolecular Hbond substituents is 2. The molecule has 1 aliphatic heterocycles. The molecule has 1 aromatic heterocycles. The molecule has 1 aliphatic rings. The van der Waals surface area contributed by atoms with Crippen molar-refractivity contribution in [1.82, 2.24) is 4.90 Å². The Hall–Kier alpha value is -4.01. The minimum absolute atomic E-state index is 0.0852. The van der Waals surface area contributed by atoms with Crippen LogP contribution in [0.2, 0.25) is 0 Å². The lowest BCUT2D eigenvalue weighted by Gasteiger charge is -2.14. The third-order valence-corrected chi connectivity index (χ3v) is 4.88. The number of carbonyl (C=O) groups excluding carboxylic acids is 2. The van der Waals surface area contributed by atoms with Gasteiger partial charge in [0.1, 0.15) is 22.5 Å². The van der Waals surface area contributed by atoms with E-state index in [0.29, 0.717) is 24.4 Å². The minimum Gasteiger partial charge on any atom is -0.504 e. The maximum Gasteiger partial charge on any atom is 0.415 e. The van der Waals surface area contributed by atoms with Crippen molar-refractivity contribution < 1.29 is 33.7 Å². The predicted molar refractivity (Wildman–Crippen MR) is 109 cm³/mol.